The Balaban J connectivity index is 2.43. The zero-order valence-corrected chi connectivity index (χ0v) is 6.47. The van der Waals surface area contributed by atoms with Gasteiger partial charge < -0.3 is 16.2 Å². The first kappa shape index (κ1) is 8.49. The minimum Gasteiger partial charge on any atom is -0.388 e. The maximum atomic E-state index is 10.5. The lowest BCUT2D eigenvalue weighted by atomic mass is 9.91. The Morgan fingerprint density at radius 1 is 1.73 bits per heavy atom. The predicted molar refractivity (Wildman–Crippen MR) is 40.9 cm³/mol. The van der Waals surface area contributed by atoms with Crippen molar-refractivity contribution in [3.63, 3.8) is 0 Å². The summed E-state index contributed by atoms with van der Waals surface area (Å²) >= 11 is 0. The molecule has 1 amide bonds. The molecule has 0 aromatic rings. The highest BCUT2D eigenvalue weighted by atomic mass is 16.3. The number of nitrogens with one attached hydrogen (secondary N) is 1. The fourth-order valence-corrected chi connectivity index (χ4v) is 1.43. The Morgan fingerprint density at radius 3 is 2.91 bits per heavy atom. The minimum absolute atomic E-state index is 0.0694. The molecule has 0 bridgehead atoms. The van der Waals surface area contributed by atoms with Gasteiger partial charge in [0, 0.05) is 6.54 Å². The van der Waals surface area contributed by atoms with Crippen molar-refractivity contribution in [3.05, 3.63) is 0 Å². The van der Waals surface area contributed by atoms with Crippen LogP contribution >= 0.6 is 0 Å². The van der Waals surface area contributed by atoms with E-state index >= 15 is 0 Å². The maximum Gasteiger partial charge on any atom is 0.220 e. The average molecular weight is 158 g/mol. The molecule has 1 atom stereocenters. The summed E-state index contributed by atoms with van der Waals surface area (Å²) in [5, 5.41) is 12.7. The molecule has 4 heteroatoms. The van der Waals surface area contributed by atoms with Crippen molar-refractivity contribution in [2.24, 2.45) is 5.73 Å². The second kappa shape index (κ2) is 3.19. The highest BCUT2D eigenvalue weighted by molar-refractivity contribution is 5.74. The Hall–Kier alpha value is -0.610. The van der Waals surface area contributed by atoms with Gasteiger partial charge in [0.1, 0.15) is 0 Å². The van der Waals surface area contributed by atoms with Crippen molar-refractivity contribution in [2.75, 3.05) is 13.1 Å². The van der Waals surface area contributed by atoms with E-state index in [0.29, 0.717) is 13.0 Å². The van der Waals surface area contributed by atoms with E-state index < -0.39 is 11.5 Å². The number of primary amides is 1. The molecule has 11 heavy (non-hydrogen) atoms. The predicted octanol–water partition coefficient (Wildman–Crippen LogP) is -1.02. The number of hydrogen-bond acceptors (Lipinski definition) is 3. The quantitative estimate of drug-likeness (QED) is 0.481. The molecule has 1 fully saturated rings. The summed E-state index contributed by atoms with van der Waals surface area (Å²) in [4.78, 5) is 10.5. The molecular weight excluding hydrogens is 144 g/mol. The third kappa shape index (κ3) is 2.48. The Labute approximate surface area is 65.8 Å². The van der Waals surface area contributed by atoms with Crippen molar-refractivity contribution in [1.29, 1.82) is 0 Å². The van der Waals surface area contributed by atoms with Crippen LogP contribution in [0.1, 0.15) is 19.3 Å². The van der Waals surface area contributed by atoms with E-state index in [9.17, 15) is 9.90 Å². The van der Waals surface area contributed by atoms with Gasteiger partial charge in [0.05, 0.1) is 12.0 Å². The van der Waals surface area contributed by atoms with Gasteiger partial charge in [0.15, 0.2) is 0 Å². The first-order valence-corrected chi connectivity index (χ1v) is 3.84. The molecule has 0 unspecified atom stereocenters. The molecule has 1 aliphatic rings. The number of carbonyl (C=O) groups excluding carboxylic acids is 1. The van der Waals surface area contributed by atoms with E-state index in [1.54, 1.807) is 0 Å². The molecule has 64 valence electrons. The molecular formula is C7H14N2O2. The number of β-amino-alcohol motifs (C(OH)–C–C–N with tert-alkyl or cyclic N) is 1. The molecule has 1 saturated heterocycles. The number of rotatable bonds is 2. The van der Waals surface area contributed by atoms with Gasteiger partial charge in [0.25, 0.3) is 0 Å². The van der Waals surface area contributed by atoms with Gasteiger partial charge >= 0.3 is 0 Å². The van der Waals surface area contributed by atoms with Crippen molar-refractivity contribution >= 4 is 5.91 Å². The maximum absolute atomic E-state index is 10.5. The number of amides is 1. The van der Waals surface area contributed by atoms with Gasteiger partial charge in [0.2, 0.25) is 5.91 Å². The molecule has 1 heterocycles. The molecule has 0 aliphatic carbocycles. The van der Waals surface area contributed by atoms with Crippen LogP contribution in [0.3, 0.4) is 0 Å². The Kier molecular flexibility index (Phi) is 2.46. The third-order valence-corrected chi connectivity index (χ3v) is 1.95. The van der Waals surface area contributed by atoms with Crippen LogP contribution in [0.25, 0.3) is 0 Å². The smallest absolute Gasteiger partial charge is 0.220 e. The van der Waals surface area contributed by atoms with Crippen LogP contribution in [-0.4, -0.2) is 29.7 Å². The van der Waals surface area contributed by atoms with Crippen molar-refractivity contribution in [1.82, 2.24) is 5.32 Å². The van der Waals surface area contributed by atoms with Gasteiger partial charge in [-0.2, -0.15) is 0 Å². The largest absolute Gasteiger partial charge is 0.388 e. The lowest BCUT2D eigenvalue weighted by Gasteiger charge is -2.31. The van der Waals surface area contributed by atoms with Crippen LogP contribution in [-0.2, 0) is 4.79 Å². The lowest BCUT2D eigenvalue weighted by Crippen LogP contribution is -2.47. The monoisotopic (exact) mass is 158 g/mol. The first-order chi connectivity index (χ1) is 5.12. The van der Waals surface area contributed by atoms with E-state index in [1.807, 2.05) is 0 Å². The minimum atomic E-state index is -0.885. The number of aliphatic hydroxyl groups is 1. The molecule has 1 rings (SSSR count). The summed E-state index contributed by atoms with van der Waals surface area (Å²) < 4.78 is 0. The fourth-order valence-electron chi connectivity index (χ4n) is 1.43. The summed E-state index contributed by atoms with van der Waals surface area (Å²) in [7, 11) is 0. The van der Waals surface area contributed by atoms with Crippen LogP contribution in [0.4, 0.5) is 0 Å². The van der Waals surface area contributed by atoms with Gasteiger partial charge in [-0.3, -0.25) is 4.79 Å². The van der Waals surface area contributed by atoms with Crippen LogP contribution < -0.4 is 11.1 Å². The zero-order valence-electron chi connectivity index (χ0n) is 6.47. The summed E-state index contributed by atoms with van der Waals surface area (Å²) in [5.41, 5.74) is 4.10. The molecule has 4 N–H and O–H groups in total. The average Bonchev–Trinajstić information content (AvgIpc) is 1.85. The lowest BCUT2D eigenvalue weighted by molar-refractivity contribution is -0.123. The van der Waals surface area contributed by atoms with Gasteiger partial charge in [-0.1, -0.05) is 0 Å². The molecule has 0 saturated carbocycles. The van der Waals surface area contributed by atoms with E-state index in [1.165, 1.54) is 0 Å². The molecule has 0 aromatic carbocycles. The Bertz CT molecular complexity index is 153. The van der Waals surface area contributed by atoms with Crippen LogP contribution in [0.2, 0.25) is 0 Å². The van der Waals surface area contributed by atoms with E-state index in [2.05, 4.69) is 5.32 Å². The summed E-state index contributed by atoms with van der Waals surface area (Å²) in [6, 6.07) is 0. The van der Waals surface area contributed by atoms with Crippen molar-refractivity contribution in [2.45, 2.75) is 24.9 Å². The Morgan fingerprint density at radius 2 is 2.45 bits per heavy atom. The van der Waals surface area contributed by atoms with Crippen molar-refractivity contribution in [3.8, 4) is 0 Å². The van der Waals surface area contributed by atoms with Gasteiger partial charge in [-0.05, 0) is 19.4 Å². The molecule has 1 aliphatic heterocycles. The second-order valence-corrected chi connectivity index (χ2v) is 3.15. The first-order valence-electron chi connectivity index (χ1n) is 3.84. The number of nitrogens with two attached hydrogens (primary N) is 1. The highest BCUT2D eigenvalue weighted by Gasteiger charge is 2.30. The molecule has 0 aromatic heterocycles. The summed E-state index contributed by atoms with van der Waals surface area (Å²) in [6.45, 7) is 1.40. The number of hydrogen-bond donors (Lipinski definition) is 3. The van der Waals surface area contributed by atoms with E-state index in [0.717, 1.165) is 13.0 Å². The summed E-state index contributed by atoms with van der Waals surface area (Å²) in [5.74, 6) is -0.434. The highest BCUT2D eigenvalue weighted by Crippen LogP contribution is 2.18. The molecule has 4 nitrogen and oxygen atoms in total. The van der Waals surface area contributed by atoms with Crippen LogP contribution in [0.15, 0.2) is 0 Å². The number of piperidine rings is 1. The molecule has 0 radical (unpaired) electrons. The topological polar surface area (TPSA) is 75.4 Å². The second-order valence-electron chi connectivity index (χ2n) is 3.15. The fraction of sp³-hybridized carbons (Fsp3) is 0.857. The SMILES string of the molecule is NC(=O)C[C@]1(O)CCCNC1. The normalized spacial score (nSPS) is 31.7. The van der Waals surface area contributed by atoms with Crippen molar-refractivity contribution < 1.29 is 9.90 Å². The van der Waals surface area contributed by atoms with E-state index in [-0.39, 0.29) is 6.42 Å². The third-order valence-electron chi connectivity index (χ3n) is 1.95. The van der Waals surface area contributed by atoms with Crippen LogP contribution in [0.5, 0.6) is 0 Å². The van der Waals surface area contributed by atoms with Gasteiger partial charge in [-0.15, -0.1) is 0 Å². The van der Waals surface area contributed by atoms with Gasteiger partial charge in [-0.25, -0.2) is 0 Å². The standard InChI is InChI=1S/C7H14N2O2/c8-6(10)4-7(11)2-1-3-9-5-7/h9,11H,1-5H2,(H2,8,10)/t7-/m1/s1. The zero-order chi connectivity index (χ0) is 8.32. The number of carbonyl (C=O) groups is 1. The summed E-state index contributed by atoms with van der Waals surface area (Å²) in [6.07, 6.45) is 1.65. The molecule has 0 spiro atoms. The van der Waals surface area contributed by atoms with E-state index in [4.69, 9.17) is 5.73 Å². The van der Waals surface area contributed by atoms with Crippen LogP contribution in [0, 0.1) is 0 Å².